The van der Waals surface area contributed by atoms with Gasteiger partial charge in [0.15, 0.2) is 5.43 Å². The van der Waals surface area contributed by atoms with E-state index in [1.165, 1.54) is 0 Å². The highest BCUT2D eigenvalue weighted by molar-refractivity contribution is 5.77. The van der Waals surface area contributed by atoms with E-state index in [2.05, 4.69) is 4.57 Å². The fraction of sp³-hybridized carbons (Fsp3) is 0.115. The normalized spacial score (nSPS) is 10.6. The minimum Gasteiger partial charge on any atom is -0.497 e. The molecule has 0 spiro atoms. The zero-order valence-electron chi connectivity index (χ0n) is 17.3. The third-order valence-electron chi connectivity index (χ3n) is 5.20. The van der Waals surface area contributed by atoms with Crippen LogP contribution >= 0.6 is 0 Å². The Bertz CT molecular complexity index is 1230. The average molecular weight is 397 g/mol. The van der Waals surface area contributed by atoms with Crippen LogP contribution in [0.5, 0.6) is 11.5 Å². The van der Waals surface area contributed by atoms with Gasteiger partial charge in [0.25, 0.3) is 0 Å². The van der Waals surface area contributed by atoms with Crippen LogP contribution in [-0.2, 0) is 0 Å². The Kier molecular flexibility index (Phi) is 5.40. The van der Waals surface area contributed by atoms with Gasteiger partial charge in [0.05, 0.1) is 25.6 Å². The highest BCUT2D eigenvalue weighted by Crippen LogP contribution is 2.37. The van der Waals surface area contributed by atoms with Crippen LogP contribution in [0.25, 0.3) is 28.2 Å². The van der Waals surface area contributed by atoms with Gasteiger partial charge in [-0.2, -0.15) is 0 Å². The number of aromatic nitrogens is 1. The lowest BCUT2D eigenvalue weighted by atomic mass is 10.0. The molecule has 0 aliphatic carbocycles. The molecule has 0 radical (unpaired) electrons. The zero-order chi connectivity index (χ0) is 21.1. The highest BCUT2D eigenvalue weighted by atomic mass is 16.5. The van der Waals surface area contributed by atoms with Crippen LogP contribution < -0.4 is 14.9 Å². The molecule has 0 N–H and O–H groups in total. The average Bonchev–Trinajstić information content (AvgIpc) is 2.81. The lowest BCUT2D eigenvalue weighted by Crippen LogP contribution is -2.16. The Morgan fingerprint density at radius 1 is 0.767 bits per heavy atom. The van der Waals surface area contributed by atoms with Crippen molar-refractivity contribution in [1.29, 1.82) is 0 Å². The van der Waals surface area contributed by atoms with Gasteiger partial charge in [0.2, 0.25) is 0 Å². The first-order valence-electron chi connectivity index (χ1n) is 9.74. The maximum absolute atomic E-state index is 13.1. The fourth-order valence-corrected chi connectivity index (χ4v) is 3.70. The SMILES string of the molecule is COc1ccc(OC)c(-c2cc(=O)c(C)c(-c3ccccc3)n2-c2ccccc2)c1. The summed E-state index contributed by atoms with van der Waals surface area (Å²) in [7, 11) is 3.25. The number of para-hydroxylation sites is 1. The van der Waals surface area contributed by atoms with Crippen molar-refractivity contribution < 1.29 is 9.47 Å². The van der Waals surface area contributed by atoms with E-state index in [-0.39, 0.29) is 5.43 Å². The number of ether oxygens (including phenoxy) is 2. The van der Waals surface area contributed by atoms with E-state index in [0.29, 0.717) is 17.1 Å². The lowest BCUT2D eigenvalue weighted by Gasteiger charge is -2.22. The van der Waals surface area contributed by atoms with E-state index in [1.54, 1.807) is 20.3 Å². The second-order valence-corrected chi connectivity index (χ2v) is 6.97. The molecule has 4 aromatic rings. The van der Waals surface area contributed by atoms with Crippen molar-refractivity contribution in [3.8, 4) is 39.7 Å². The molecule has 0 aliphatic heterocycles. The van der Waals surface area contributed by atoms with Gasteiger partial charge in [-0.25, -0.2) is 0 Å². The standard InChI is InChI=1S/C26H23NO3/c1-18-24(28)17-23(22-16-21(29-2)14-15-25(22)30-3)27(20-12-8-5-9-13-20)26(18)19-10-6-4-7-11-19/h4-17H,1-3H3. The number of hydrogen-bond donors (Lipinski definition) is 0. The Morgan fingerprint density at radius 2 is 1.43 bits per heavy atom. The molecule has 0 aliphatic rings. The third-order valence-corrected chi connectivity index (χ3v) is 5.20. The van der Waals surface area contributed by atoms with Gasteiger partial charge >= 0.3 is 0 Å². The van der Waals surface area contributed by atoms with Crippen LogP contribution in [0.2, 0.25) is 0 Å². The van der Waals surface area contributed by atoms with Crippen LogP contribution in [0.15, 0.2) is 89.7 Å². The summed E-state index contributed by atoms with van der Waals surface area (Å²) in [4.78, 5) is 13.1. The topological polar surface area (TPSA) is 40.5 Å². The van der Waals surface area contributed by atoms with Gasteiger partial charge in [-0.15, -0.1) is 0 Å². The molecule has 3 aromatic carbocycles. The Hall–Kier alpha value is -3.79. The largest absolute Gasteiger partial charge is 0.497 e. The van der Waals surface area contributed by atoms with E-state index in [0.717, 1.165) is 28.2 Å². The van der Waals surface area contributed by atoms with Gasteiger partial charge < -0.3 is 14.0 Å². The molecular weight excluding hydrogens is 374 g/mol. The van der Waals surface area contributed by atoms with Crippen LogP contribution in [0.3, 0.4) is 0 Å². The van der Waals surface area contributed by atoms with Crippen molar-refractivity contribution in [1.82, 2.24) is 4.57 Å². The summed E-state index contributed by atoms with van der Waals surface area (Å²) < 4.78 is 13.2. The van der Waals surface area contributed by atoms with Gasteiger partial charge in [-0.1, -0.05) is 48.5 Å². The molecule has 30 heavy (non-hydrogen) atoms. The maximum atomic E-state index is 13.1. The smallest absolute Gasteiger partial charge is 0.185 e. The van der Waals surface area contributed by atoms with Gasteiger partial charge in [-0.3, -0.25) is 4.79 Å². The first kappa shape index (κ1) is 19.5. The molecule has 0 atom stereocenters. The molecule has 0 unspecified atom stereocenters. The molecule has 0 saturated carbocycles. The maximum Gasteiger partial charge on any atom is 0.185 e. The van der Waals surface area contributed by atoms with Gasteiger partial charge in [0, 0.05) is 22.9 Å². The molecule has 0 bridgehead atoms. The van der Waals surface area contributed by atoms with Crippen LogP contribution in [0.4, 0.5) is 0 Å². The molecule has 4 heteroatoms. The summed E-state index contributed by atoms with van der Waals surface area (Å²) in [6.07, 6.45) is 0. The summed E-state index contributed by atoms with van der Waals surface area (Å²) in [5.74, 6) is 1.36. The first-order valence-corrected chi connectivity index (χ1v) is 9.74. The fourth-order valence-electron chi connectivity index (χ4n) is 3.70. The van der Waals surface area contributed by atoms with Crippen molar-refractivity contribution in [2.75, 3.05) is 14.2 Å². The number of pyridine rings is 1. The second kappa shape index (κ2) is 8.29. The number of nitrogens with zero attached hydrogens (tertiary/aromatic N) is 1. The van der Waals surface area contributed by atoms with Crippen molar-refractivity contribution in [3.63, 3.8) is 0 Å². The molecule has 1 aromatic heterocycles. The van der Waals surface area contributed by atoms with Gasteiger partial charge in [0.1, 0.15) is 11.5 Å². The minimum atomic E-state index is -0.0269. The lowest BCUT2D eigenvalue weighted by molar-refractivity contribution is 0.404. The summed E-state index contributed by atoms with van der Waals surface area (Å²) in [6, 6.07) is 27.3. The van der Waals surface area contributed by atoms with E-state index in [9.17, 15) is 4.79 Å². The Morgan fingerprint density at radius 3 is 2.07 bits per heavy atom. The summed E-state index contributed by atoms with van der Waals surface area (Å²) in [6.45, 7) is 1.87. The van der Waals surface area contributed by atoms with Crippen molar-refractivity contribution in [2.24, 2.45) is 0 Å². The molecule has 1 heterocycles. The number of benzene rings is 3. The second-order valence-electron chi connectivity index (χ2n) is 6.97. The van der Waals surface area contributed by atoms with Crippen molar-refractivity contribution in [2.45, 2.75) is 6.92 Å². The highest BCUT2D eigenvalue weighted by Gasteiger charge is 2.19. The van der Waals surface area contributed by atoms with E-state index in [1.807, 2.05) is 85.8 Å². The van der Waals surface area contributed by atoms with Crippen LogP contribution in [-0.4, -0.2) is 18.8 Å². The van der Waals surface area contributed by atoms with Crippen LogP contribution in [0, 0.1) is 6.92 Å². The Labute approximate surface area is 176 Å². The molecule has 0 amide bonds. The van der Waals surface area contributed by atoms with E-state index in [4.69, 9.17) is 9.47 Å². The monoisotopic (exact) mass is 397 g/mol. The third kappa shape index (κ3) is 3.48. The van der Waals surface area contributed by atoms with E-state index >= 15 is 0 Å². The number of hydrogen-bond acceptors (Lipinski definition) is 3. The molecular formula is C26H23NO3. The summed E-state index contributed by atoms with van der Waals surface area (Å²) >= 11 is 0. The molecule has 0 fully saturated rings. The Balaban J connectivity index is 2.16. The van der Waals surface area contributed by atoms with Gasteiger partial charge in [-0.05, 0) is 42.8 Å². The number of rotatable bonds is 5. The summed E-state index contributed by atoms with van der Waals surface area (Å²) in [5.41, 5.74) is 4.98. The molecule has 0 saturated heterocycles. The molecule has 4 rings (SSSR count). The predicted molar refractivity (Wildman–Crippen MR) is 121 cm³/mol. The zero-order valence-corrected chi connectivity index (χ0v) is 17.3. The minimum absolute atomic E-state index is 0.0269. The quantitative estimate of drug-likeness (QED) is 0.447. The molecule has 4 nitrogen and oxygen atoms in total. The van der Waals surface area contributed by atoms with Crippen LogP contribution in [0.1, 0.15) is 5.56 Å². The predicted octanol–water partition coefficient (Wildman–Crippen LogP) is 5.50. The summed E-state index contributed by atoms with van der Waals surface area (Å²) in [5, 5.41) is 0. The van der Waals surface area contributed by atoms with Crippen molar-refractivity contribution >= 4 is 0 Å². The molecule has 150 valence electrons. The first-order chi connectivity index (χ1) is 14.6. The van der Waals surface area contributed by atoms with E-state index < -0.39 is 0 Å². The number of methoxy groups -OCH3 is 2. The van der Waals surface area contributed by atoms with Crippen molar-refractivity contribution in [3.05, 3.63) is 101 Å².